The number of benzene rings is 3. The summed E-state index contributed by atoms with van der Waals surface area (Å²) in [6.07, 6.45) is 4.70. The molecule has 3 aromatic carbocycles. The number of fused-ring (bicyclic) bond motifs is 2. The number of halogens is 1. The Labute approximate surface area is 201 Å². The number of rotatable bonds is 4. The predicted molar refractivity (Wildman–Crippen MR) is 129 cm³/mol. The number of aromatic nitrogens is 2. The van der Waals surface area contributed by atoms with Gasteiger partial charge in [-0.1, -0.05) is 54.0 Å². The first-order valence-electron chi connectivity index (χ1n) is 11.5. The second kappa shape index (κ2) is 8.72. The van der Waals surface area contributed by atoms with E-state index in [1.807, 2.05) is 53.4 Å². The van der Waals surface area contributed by atoms with Gasteiger partial charge in [0.05, 0.1) is 17.7 Å². The molecule has 34 heavy (non-hydrogen) atoms. The molecule has 0 radical (unpaired) electrons. The van der Waals surface area contributed by atoms with E-state index in [0.29, 0.717) is 18.1 Å². The highest BCUT2D eigenvalue weighted by Crippen LogP contribution is 2.45. The Balaban J connectivity index is 1.37. The summed E-state index contributed by atoms with van der Waals surface area (Å²) < 4.78 is 19.0. The number of anilines is 1. The zero-order chi connectivity index (χ0) is 23.1. The summed E-state index contributed by atoms with van der Waals surface area (Å²) in [4.78, 5) is 22.1. The van der Waals surface area contributed by atoms with Crippen molar-refractivity contribution in [1.82, 2.24) is 10.1 Å². The Hall–Kier alpha value is -3.45. The van der Waals surface area contributed by atoms with Gasteiger partial charge in [0.15, 0.2) is 0 Å². The van der Waals surface area contributed by atoms with Gasteiger partial charge in [0, 0.05) is 21.4 Å². The SMILES string of the molecule is O=C1c2ccccc2Sc2cc(-c3noc(Cc4cccc(F)c4)n3)ccc2N1C1CCCC1. The average molecular weight is 472 g/mol. The van der Waals surface area contributed by atoms with Gasteiger partial charge in [-0.3, -0.25) is 4.79 Å². The lowest BCUT2D eigenvalue weighted by atomic mass is 10.1. The summed E-state index contributed by atoms with van der Waals surface area (Å²) in [6, 6.07) is 20.4. The van der Waals surface area contributed by atoms with Crippen molar-refractivity contribution in [2.75, 3.05) is 4.90 Å². The second-order valence-corrected chi connectivity index (χ2v) is 9.80. The molecule has 1 aliphatic carbocycles. The number of carbonyl (C=O) groups excluding carboxylic acids is 1. The van der Waals surface area contributed by atoms with Crippen LogP contribution in [0.4, 0.5) is 10.1 Å². The minimum Gasteiger partial charge on any atom is -0.339 e. The fourth-order valence-electron chi connectivity index (χ4n) is 4.81. The first-order valence-corrected chi connectivity index (χ1v) is 12.3. The Morgan fingerprint density at radius 3 is 2.71 bits per heavy atom. The van der Waals surface area contributed by atoms with E-state index in [2.05, 4.69) is 10.1 Å². The average Bonchev–Trinajstić information content (AvgIpc) is 3.51. The molecule has 2 heterocycles. The topological polar surface area (TPSA) is 59.2 Å². The molecule has 0 spiro atoms. The van der Waals surface area contributed by atoms with Crippen LogP contribution in [0.2, 0.25) is 0 Å². The predicted octanol–water partition coefficient (Wildman–Crippen LogP) is 6.52. The summed E-state index contributed by atoms with van der Waals surface area (Å²) >= 11 is 1.60. The number of amides is 1. The van der Waals surface area contributed by atoms with E-state index in [9.17, 15) is 9.18 Å². The minimum atomic E-state index is -0.290. The lowest BCUT2D eigenvalue weighted by molar-refractivity contribution is 0.0974. The summed E-state index contributed by atoms with van der Waals surface area (Å²) in [5.41, 5.74) is 3.27. The first kappa shape index (κ1) is 21.1. The van der Waals surface area contributed by atoms with Gasteiger partial charge >= 0.3 is 0 Å². The molecule has 1 fully saturated rings. The van der Waals surface area contributed by atoms with Gasteiger partial charge in [0.2, 0.25) is 11.7 Å². The third kappa shape index (κ3) is 3.90. The van der Waals surface area contributed by atoms with Crippen LogP contribution in [0.25, 0.3) is 11.4 Å². The molecule has 2 aliphatic rings. The Bertz CT molecular complexity index is 1380. The van der Waals surface area contributed by atoms with E-state index in [4.69, 9.17) is 4.52 Å². The molecule has 0 bridgehead atoms. The molecule has 1 aromatic heterocycles. The largest absolute Gasteiger partial charge is 0.339 e. The Kier molecular flexibility index (Phi) is 5.41. The highest BCUT2D eigenvalue weighted by atomic mass is 32.2. The smallest absolute Gasteiger partial charge is 0.259 e. The van der Waals surface area contributed by atoms with Crippen LogP contribution in [0, 0.1) is 5.82 Å². The molecule has 7 heteroatoms. The van der Waals surface area contributed by atoms with E-state index in [-0.39, 0.29) is 17.8 Å². The third-order valence-electron chi connectivity index (χ3n) is 6.44. The quantitative estimate of drug-likeness (QED) is 0.339. The van der Waals surface area contributed by atoms with Crippen LogP contribution >= 0.6 is 11.8 Å². The number of carbonyl (C=O) groups is 1. The van der Waals surface area contributed by atoms with Crippen molar-refractivity contribution in [3.05, 3.63) is 89.6 Å². The maximum absolute atomic E-state index is 13.6. The van der Waals surface area contributed by atoms with Crippen molar-refractivity contribution in [3.8, 4) is 11.4 Å². The van der Waals surface area contributed by atoms with Gasteiger partial charge in [-0.15, -0.1) is 0 Å². The lowest BCUT2D eigenvalue weighted by Crippen LogP contribution is -2.39. The maximum atomic E-state index is 13.6. The van der Waals surface area contributed by atoms with E-state index in [0.717, 1.165) is 57.9 Å². The standard InChI is InChI=1S/C27H22FN3O2S/c28-19-7-5-6-17(14-19)15-25-29-26(30-33-25)18-12-13-22-24(16-18)34-23-11-4-3-10-21(23)27(32)31(22)20-8-1-2-9-20/h3-7,10-14,16,20H,1-2,8-9,15H2. The monoisotopic (exact) mass is 471 g/mol. The van der Waals surface area contributed by atoms with E-state index in [1.54, 1.807) is 17.8 Å². The fraction of sp³-hybridized carbons (Fsp3) is 0.222. The Morgan fingerprint density at radius 2 is 1.85 bits per heavy atom. The van der Waals surface area contributed by atoms with E-state index in [1.165, 1.54) is 12.1 Å². The number of hydrogen-bond acceptors (Lipinski definition) is 5. The van der Waals surface area contributed by atoms with Crippen LogP contribution in [0.3, 0.4) is 0 Å². The van der Waals surface area contributed by atoms with Gasteiger partial charge in [0.25, 0.3) is 5.91 Å². The fourth-order valence-corrected chi connectivity index (χ4v) is 5.92. The molecule has 0 atom stereocenters. The van der Waals surface area contributed by atoms with Crippen LogP contribution < -0.4 is 4.90 Å². The van der Waals surface area contributed by atoms with Gasteiger partial charge in [0.1, 0.15) is 5.82 Å². The highest BCUT2D eigenvalue weighted by Gasteiger charge is 2.34. The third-order valence-corrected chi connectivity index (χ3v) is 7.56. The van der Waals surface area contributed by atoms with Crippen molar-refractivity contribution < 1.29 is 13.7 Å². The molecule has 6 rings (SSSR count). The molecule has 170 valence electrons. The molecule has 5 nitrogen and oxygen atoms in total. The number of hydrogen-bond donors (Lipinski definition) is 0. The van der Waals surface area contributed by atoms with Crippen LogP contribution in [0.15, 0.2) is 81.0 Å². The minimum absolute atomic E-state index is 0.0680. The normalized spacial score (nSPS) is 15.8. The van der Waals surface area contributed by atoms with Crippen molar-refractivity contribution in [2.45, 2.75) is 47.9 Å². The molecule has 0 N–H and O–H groups in total. The summed E-state index contributed by atoms with van der Waals surface area (Å²) in [6.45, 7) is 0. The van der Waals surface area contributed by atoms with Gasteiger partial charge in [-0.05, 0) is 60.9 Å². The molecule has 1 amide bonds. The summed E-state index contributed by atoms with van der Waals surface area (Å²) in [5.74, 6) is 0.683. The Morgan fingerprint density at radius 1 is 1.00 bits per heavy atom. The van der Waals surface area contributed by atoms with Crippen molar-refractivity contribution in [1.29, 1.82) is 0 Å². The van der Waals surface area contributed by atoms with Gasteiger partial charge < -0.3 is 9.42 Å². The van der Waals surface area contributed by atoms with Crippen LogP contribution in [0.5, 0.6) is 0 Å². The molecule has 0 saturated heterocycles. The van der Waals surface area contributed by atoms with Crippen LogP contribution in [0.1, 0.15) is 47.5 Å². The van der Waals surface area contributed by atoms with Crippen molar-refractivity contribution >= 4 is 23.4 Å². The van der Waals surface area contributed by atoms with Gasteiger partial charge in [-0.25, -0.2) is 4.39 Å². The molecule has 0 unspecified atom stereocenters. The zero-order valence-electron chi connectivity index (χ0n) is 18.4. The summed E-state index contributed by atoms with van der Waals surface area (Å²) in [7, 11) is 0. The van der Waals surface area contributed by atoms with E-state index < -0.39 is 0 Å². The molecule has 4 aromatic rings. The van der Waals surface area contributed by atoms with E-state index >= 15 is 0 Å². The summed E-state index contributed by atoms with van der Waals surface area (Å²) in [5, 5.41) is 4.16. The van der Waals surface area contributed by atoms with Crippen molar-refractivity contribution in [3.63, 3.8) is 0 Å². The lowest BCUT2D eigenvalue weighted by Gasteiger charge is -2.29. The maximum Gasteiger partial charge on any atom is 0.259 e. The highest BCUT2D eigenvalue weighted by molar-refractivity contribution is 7.99. The van der Waals surface area contributed by atoms with Crippen LogP contribution in [-0.4, -0.2) is 22.1 Å². The molecule has 1 aliphatic heterocycles. The second-order valence-electron chi connectivity index (χ2n) is 8.71. The zero-order valence-corrected chi connectivity index (χ0v) is 19.2. The molecular weight excluding hydrogens is 449 g/mol. The molecular formula is C27H22FN3O2S. The molecule has 1 saturated carbocycles. The van der Waals surface area contributed by atoms with Crippen LogP contribution in [-0.2, 0) is 6.42 Å². The van der Waals surface area contributed by atoms with Crippen molar-refractivity contribution in [2.24, 2.45) is 0 Å². The number of nitrogens with zero attached hydrogens (tertiary/aromatic N) is 3. The van der Waals surface area contributed by atoms with Gasteiger partial charge in [-0.2, -0.15) is 4.98 Å². The first-order chi connectivity index (χ1) is 16.7.